The molecule has 0 bridgehead atoms. The minimum atomic E-state index is -0.339. The standard InChI is InChI=1S/C15H16O4/c1-18-14(16)10-11-7-8-13(9-11)19-15(17)12-5-3-2-4-6-12/h2-8,11,13H,9-10H2,1H3/t11-,13+/m1/s1. The lowest BCUT2D eigenvalue weighted by molar-refractivity contribution is -0.141. The summed E-state index contributed by atoms with van der Waals surface area (Å²) in [6, 6.07) is 8.86. The van der Waals surface area contributed by atoms with Crippen LogP contribution in [0.1, 0.15) is 23.2 Å². The maximum absolute atomic E-state index is 11.8. The fraction of sp³-hybridized carbons (Fsp3) is 0.333. The third-order valence-corrected chi connectivity index (χ3v) is 3.06. The van der Waals surface area contributed by atoms with E-state index in [1.54, 1.807) is 24.3 Å². The topological polar surface area (TPSA) is 52.6 Å². The monoisotopic (exact) mass is 260 g/mol. The Morgan fingerprint density at radius 1 is 1.21 bits per heavy atom. The van der Waals surface area contributed by atoms with Crippen molar-refractivity contribution in [2.24, 2.45) is 5.92 Å². The molecule has 0 aromatic heterocycles. The van der Waals surface area contributed by atoms with E-state index in [2.05, 4.69) is 4.74 Å². The van der Waals surface area contributed by atoms with E-state index in [0.29, 0.717) is 18.4 Å². The number of esters is 2. The first kappa shape index (κ1) is 13.3. The quantitative estimate of drug-likeness (QED) is 0.616. The van der Waals surface area contributed by atoms with E-state index in [0.717, 1.165) is 0 Å². The Kier molecular flexibility index (Phi) is 4.34. The van der Waals surface area contributed by atoms with Crippen LogP contribution in [0, 0.1) is 5.92 Å². The van der Waals surface area contributed by atoms with Gasteiger partial charge in [-0.25, -0.2) is 4.79 Å². The molecule has 100 valence electrons. The van der Waals surface area contributed by atoms with Gasteiger partial charge in [-0.1, -0.05) is 24.3 Å². The molecule has 4 heteroatoms. The van der Waals surface area contributed by atoms with E-state index in [-0.39, 0.29) is 24.0 Å². The zero-order valence-electron chi connectivity index (χ0n) is 10.7. The Hall–Kier alpha value is -2.10. The Morgan fingerprint density at radius 3 is 2.63 bits per heavy atom. The number of hydrogen-bond acceptors (Lipinski definition) is 4. The predicted octanol–water partition coefficient (Wildman–Crippen LogP) is 2.35. The van der Waals surface area contributed by atoms with Crippen LogP contribution in [0.5, 0.6) is 0 Å². The second kappa shape index (κ2) is 6.18. The van der Waals surface area contributed by atoms with E-state index in [1.807, 2.05) is 18.2 Å². The number of carbonyl (C=O) groups is 2. The van der Waals surface area contributed by atoms with Gasteiger partial charge in [0, 0.05) is 0 Å². The van der Waals surface area contributed by atoms with Gasteiger partial charge < -0.3 is 9.47 Å². The van der Waals surface area contributed by atoms with Crippen LogP contribution in [0.3, 0.4) is 0 Å². The van der Waals surface area contributed by atoms with Gasteiger partial charge in [-0.05, 0) is 30.5 Å². The fourth-order valence-electron chi connectivity index (χ4n) is 2.05. The Bertz CT molecular complexity index is 478. The zero-order chi connectivity index (χ0) is 13.7. The molecule has 0 radical (unpaired) electrons. The molecule has 1 aliphatic rings. The summed E-state index contributed by atoms with van der Waals surface area (Å²) in [6.07, 6.45) is 4.43. The third kappa shape index (κ3) is 3.68. The van der Waals surface area contributed by atoms with E-state index in [1.165, 1.54) is 7.11 Å². The Morgan fingerprint density at radius 2 is 1.95 bits per heavy atom. The highest BCUT2D eigenvalue weighted by Gasteiger charge is 2.24. The molecule has 1 aromatic carbocycles. The van der Waals surface area contributed by atoms with Gasteiger partial charge in [0.2, 0.25) is 0 Å². The van der Waals surface area contributed by atoms with Gasteiger partial charge in [0.25, 0.3) is 0 Å². The Labute approximate surface area is 112 Å². The van der Waals surface area contributed by atoms with Crippen molar-refractivity contribution in [1.82, 2.24) is 0 Å². The van der Waals surface area contributed by atoms with Crippen LogP contribution in [-0.4, -0.2) is 25.2 Å². The average molecular weight is 260 g/mol. The number of rotatable bonds is 4. The number of carbonyl (C=O) groups excluding carboxylic acids is 2. The first-order chi connectivity index (χ1) is 9.19. The van der Waals surface area contributed by atoms with Crippen LogP contribution in [0.4, 0.5) is 0 Å². The number of ether oxygens (including phenoxy) is 2. The minimum absolute atomic E-state index is 0.0843. The van der Waals surface area contributed by atoms with Crippen molar-refractivity contribution < 1.29 is 19.1 Å². The van der Waals surface area contributed by atoms with Crippen LogP contribution in [-0.2, 0) is 14.3 Å². The van der Waals surface area contributed by atoms with Crippen LogP contribution >= 0.6 is 0 Å². The van der Waals surface area contributed by atoms with Crippen molar-refractivity contribution in [2.45, 2.75) is 18.9 Å². The summed E-state index contributed by atoms with van der Waals surface area (Å²) in [4.78, 5) is 23.0. The number of methoxy groups -OCH3 is 1. The number of allylic oxidation sites excluding steroid dienone is 1. The average Bonchev–Trinajstić information content (AvgIpc) is 2.86. The minimum Gasteiger partial charge on any atom is -0.469 e. The lowest BCUT2D eigenvalue weighted by Gasteiger charge is -2.12. The number of hydrogen-bond donors (Lipinski definition) is 0. The molecule has 0 aliphatic heterocycles. The van der Waals surface area contributed by atoms with Crippen molar-refractivity contribution in [3.8, 4) is 0 Å². The summed E-state index contributed by atoms with van der Waals surface area (Å²) in [5.41, 5.74) is 0.535. The van der Waals surface area contributed by atoms with Crippen molar-refractivity contribution in [3.05, 3.63) is 48.0 Å². The molecule has 0 amide bonds. The van der Waals surface area contributed by atoms with E-state index in [9.17, 15) is 9.59 Å². The maximum Gasteiger partial charge on any atom is 0.338 e. The van der Waals surface area contributed by atoms with Gasteiger partial charge in [-0.15, -0.1) is 0 Å². The molecular formula is C15H16O4. The summed E-state index contributed by atoms with van der Waals surface area (Å²) < 4.78 is 9.98. The van der Waals surface area contributed by atoms with Crippen molar-refractivity contribution >= 4 is 11.9 Å². The first-order valence-electron chi connectivity index (χ1n) is 6.20. The molecule has 0 N–H and O–H groups in total. The molecule has 2 atom stereocenters. The van der Waals surface area contributed by atoms with E-state index < -0.39 is 0 Å². The molecule has 0 saturated heterocycles. The van der Waals surface area contributed by atoms with E-state index in [4.69, 9.17) is 4.74 Å². The normalized spacial score (nSPS) is 21.1. The van der Waals surface area contributed by atoms with Gasteiger partial charge in [-0.3, -0.25) is 4.79 Å². The molecule has 0 heterocycles. The second-order valence-electron chi connectivity index (χ2n) is 4.47. The summed E-state index contributed by atoms with van der Waals surface area (Å²) in [6.45, 7) is 0. The highest BCUT2D eigenvalue weighted by molar-refractivity contribution is 5.89. The van der Waals surface area contributed by atoms with Crippen molar-refractivity contribution in [1.29, 1.82) is 0 Å². The molecule has 0 saturated carbocycles. The third-order valence-electron chi connectivity index (χ3n) is 3.06. The highest BCUT2D eigenvalue weighted by Crippen LogP contribution is 2.24. The molecule has 0 unspecified atom stereocenters. The zero-order valence-corrected chi connectivity index (χ0v) is 10.7. The Balaban J connectivity index is 1.84. The van der Waals surface area contributed by atoms with Gasteiger partial charge in [0.15, 0.2) is 0 Å². The molecular weight excluding hydrogens is 244 g/mol. The van der Waals surface area contributed by atoms with Gasteiger partial charge >= 0.3 is 11.9 Å². The maximum atomic E-state index is 11.8. The summed E-state index contributed by atoms with van der Waals surface area (Å²) in [5, 5.41) is 0. The van der Waals surface area contributed by atoms with Gasteiger partial charge in [-0.2, -0.15) is 0 Å². The lowest BCUT2D eigenvalue weighted by Crippen LogP contribution is -2.16. The summed E-state index contributed by atoms with van der Waals surface area (Å²) in [5.74, 6) is -0.500. The fourth-order valence-corrected chi connectivity index (χ4v) is 2.05. The van der Waals surface area contributed by atoms with Crippen LogP contribution in [0.15, 0.2) is 42.5 Å². The molecule has 2 rings (SSSR count). The molecule has 0 spiro atoms. The first-order valence-corrected chi connectivity index (χ1v) is 6.20. The summed E-state index contributed by atoms with van der Waals surface area (Å²) >= 11 is 0. The van der Waals surface area contributed by atoms with Crippen molar-refractivity contribution in [2.75, 3.05) is 7.11 Å². The molecule has 1 aliphatic carbocycles. The molecule has 0 fully saturated rings. The lowest BCUT2D eigenvalue weighted by atomic mass is 10.1. The van der Waals surface area contributed by atoms with Crippen LogP contribution < -0.4 is 0 Å². The van der Waals surface area contributed by atoms with Crippen LogP contribution in [0.2, 0.25) is 0 Å². The van der Waals surface area contributed by atoms with Gasteiger partial charge in [0.05, 0.1) is 19.1 Å². The van der Waals surface area contributed by atoms with Crippen molar-refractivity contribution in [3.63, 3.8) is 0 Å². The second-order valence-corrected chi connectivity index (χ2v) is 4.47. The SMILES string of the molecule is COC(=O)C[C@@H]1C=C[C@H](OC(=O)c2ccccc2)C1. The van der Waals surface area contributed by atoms with E-state index >= 15 is 0 Å². The van der Waals surface area contributed by atoms with Crippen LogP contribution in [0.25, 0.3) is 0 Å². The molecule has 19 heavy (non-hydrogen) atoms. The number of benzene rings is 1. The van der Waals surface area contributed by atoms with Gasteiger partial charge in [0.1, 0.15) is 6.10 Å². The highest BCUT2D eigenvalue weighted by atomic mass is 16.5. The largest absolute Gasteiger partial charge is 0.469 e. The predicted molar refractivity (Wildman–Crippen MR) is 69.5 cm³/mol. The molecule has 1 aromatic rings. The smallest absolute Gasteiger partial charge is 0.338 e. The summed E-state index contributed by atoms with van der Waals surface area (Å²) in [7, 11) is 1.37. The molecule has 4 nitrogen and oxygen atoms in total.